The molecule has 0 unspecified atom stereocenters. The van der Waals surface area contributed by atoms with Crippen molar-refractivity contribution in [2.45, 2.75) is 25.9 Å². The van der Waals surface area contributed by atoms with Gasteiger partial charge in [-0.2, -0.15) is 0 Å². The zero-order valence-electron chi connectivity index (χ0n) is 19.6. The van der Waals surface area contributed by atoms with Gasteiger partial charge in [-0.1, -0.05) is 12.1 Å². The maximum absolute atomic E-state index is 15.2. The first-order chi connectivity index (χ1) is 16.4. The van der Waals surface area contributed by atoms with Gasteiger partial charge in [0.05, 0.1) is 30.2 Å². The molecule has 2 fully saturated rings. The van der Waals surface area contributed by atoms with E-state index in [-0.39, 0.29) is 17.8 Å². The van der Waals surface area contributed by atoms with Crippen molar-refractivity contribution in [3.05, 3.63) is 53.6 Å². The second-order valence-corrected chi connectivity index (χ2v) is 8.71. The van der Waals surface area contributed by atoms with Crippen molar-refractivity contribution in [3.8, 4) is 0 Å². The molecule has 2 saturated heterocycles. The molecule has 2 N–H and O–H groups in total. The molecule has 2 aliphatic heterocycles. The number of benzene rings is 1. The van der Waals surface area contributed by atoms with Crippen molar-refractivity contribution in [1.29, 1.82) is 0 Å². The third-order valence-electron chi connectivity index (χ3n) is 6.19. The van der Waals surface area contributed by atoms with Gasteiger partial charge in [-0.3, -0.25) is 9.88 Å². The van der Waals surface area contributed by atoms with Crippen LogP contribution in [-0.4, -0.2) is 84.2 Å². The number of carbonyl (C=O) groups is 2. The Morgan fingerprint density at radius 1 is 1.15 bits per heavy atom. The van der Waals surface area contributed by atoms with Crippen LogP contribution in [0.2, 0.25) is 0 Å². The smallest absolute Gasteiger partial charge is 0.323 e. The van der Waals surface area contributed by atoms with Crippen LogP contribution in [0.15, 0.2) is 36.5 Å². The zero-order chi connectivity index (χ0) is 24.1. The quantitative estimate of drug-likeness (QED) is 0.677. The lowest BCUT2D eigenvalue weighted by Crippen LogP contribution is -2.61. The third kappa shape index (κ3) is 5.63. The Morgan fingerprint density at radius 3 is 2.65 bits per heavy atom. The van der Waals surface area contributed by atoms with Gasteiger partial charge in [0, 0.05) is 57.6 Å². The predicted octanol–water partition coefficient (Wildman–Crippen LogP) is 3.13. The van der Waals surface area contributed by atoms with Gasteiger partial charge in [-0.15, -0.1) is 0 Å². The number of methoxy groups -OCH3 is 1. The number of rotatable bonds is 6. The van der Waals surface area contributed by atoms with Gasteiger partial charge >= 0.3 is 12.1 Å². The first kappa shape index (κ1) is 23.9. The SMILES string of the molecule is COC[C@@H]1CN(Cc2cccc(NC(=O)Nc3ccc(C)nc3)c2F)CCN1C(=O)N1CCC1. The highest BCUT2D eigenvalue weighted by Crippen LogP contribution is 2.23. The summed E-state index contributed by atoms with van der Waals surface area (Å²) < 4.78 is 20.6. The molecule has 4 amide bonds. The number of carbonyl (C=O) groups excluding carboxylic acids is 2. The summed E-state index contributed by atoms with van der Waals surface area (Å²) >= 11 is 0. The Bertz CT molecular complexity index is 1010. The fourth-order valence-corrected chi connectivity index (χ4v) is 4.21. The molecule has 2 aliphatic rings. The molecule has 0 spiro atoms. The molecule has 2 aromatic rings. The molecular formula is C24H31FN6O3. The topological polar surface area (TPSA) is 90.0 Å². The number of halogens is 1. The van der Waals surface area contributed by atoms with E-state index in [1.54, 1.807) is 37.6 Å². The summed E-state index contributed by atoms with van der Waals surface area (Å²) in [5.41, 5.74) is 1.95. The molecule has 0 aliphatic carbocycles. The summed E-state index contributed by atoms with van der Waals surface area (Å²) in [5, 5.41) is 5.23. The van der Waals surface area contributed by atoms with Crippen molar-refractivity contribution < 1.29 is 18.7 Å². The van der Waals surface area contributed by atoms with Gasteiger partial charge in [-0.05, 0) is 31.5 Å². The van der Waals surface area contributed by atoms with Crippen LogP contribution >= 0.6 is 0 Å². The van der Waals surface area contributed by atoms with Crippen LogP contribution in [0, 0.1) is 12.7 Å². The van der Waals surface area contributed by atoms with Crippen LogP contribution in [-0.2, 0) is 11.3 Å². The van der Waals surface area contributed by atoms with E-state index in [1.807, 2.05) is 16.7 Å². The molecule has 34 heavy (non-hydrogen) atoms. The number of aromatic nitrogens is 1. The number of ether oxygens (including phenoxy) is 1. The minimum absolute atomic E-state index is 0.0557. The van der Waals surface area contributed by atoms with Crippen LogP contribution in [0.1, 0.15) is 17.7 Å². The van der Waals surface area contributed by atoms with E-state index in [4.69, 9.17) is 4.74 Å². The van der Waals surface area contributed by atoms with Gasteiger partial charge in [0.1, 0.15) is 0 Å². The largest absolute Gasteiger partial charge is 0.382 e. The number of amides is 4. The lowest BCUT2D eigenvalue weighted by Gasteiger charge is -2.45. The maximum atomic E-state index is 15.2. The highest BCUT2D eigenvalue weighted by molar-refractivity contribution is 5.99. The first-order valence-corrected chi connectivity index (χ1v) is 11.5. The number of piperazine rings is 1. The first-order valence-electron chi connectivity index (χ1n) is 11.5. The van der Waals surface area contributed by atoms with Crippen molar-refractivity contribution >= 4 is 23.4 Å². The van der Waals surface area contributed by atoms with Crippen molar-refractivity contribution in [1.82, 2.24) is 19.7 Å². The van der Waals surface area contributed by atoms with Gasteiger partial charge in [0.2, 0.25) is 0 Å². The molecule has 1 aromatic heterocycles. The number of hydrogen-bond acceptors (Lipinski definition) is 5. The molecule has 9 nitrogen and oxygen atoms in total. The second-order valence-electron chi connectivity index (χ2n) is 8.71. The summed E-state index contributed by atoms with van der Waals surface area (Å²) in [7, 11) is 1.62. The van der Waals surface area contributed by atoms with Gasteiger partial charge in [-0.25, -0.2) is 14.0 Å². The molecule has 182 valence electrons. The Labute approximate surface area is 198 Å². The lowest BCUT2D eigenvalue weighted by molar-refractivity contribution is 0.0250. The number of pyridine rings is 1. The molecule has 10 heteroatoms. The van der Waals surface area contributed by atoms with Gasteiger partial charge in [0.25, 0.3) is 0 Å². The minimum Gasteiger partial charge on any atom is -0.382 e. The van der Waals surface area contributed by atoms with Crippen LogP contribution < -0.4 is 10.6 Å². The Hall–Kier alpha value is -3.24. The van der Waals surface area contributed by atoms with Crippen LogP contribution in [0.25, 0.3) is 0 Å². The van der Waals surface area contributed by atoms with Crippen molar-refractivity contribution in [2.24, 2.45) is 0 Å². The lowest BCUT2D eigenvalue weighted by atomic mass is 10.1. The summed E-state index contributed by atoms with van der Waals surface area (Å²) in [6.07, 6.45) is 2.59. The van der Waals surface area contributed by atoms with Crippen LogP contribution in [0.4, 0.5) is 25.4 Å². The van der Waals surface area contributed by atoms with Crippen LogP contribution in [0.3, 0.4) is 0 Å². The van der Waals surface area contributed by atoms with Crippen molar-refractivity contribution in [3.63, 3.8) is 0 Å². The summed E-state index contributed by atoms with van der Waals surface area (Å²) in [4.78, 5) is 35.1. The summed E-state index contributed by atoms with van der Waals surface area (Å²) in [6.45, 7) is 6.05. The Morgan fingerprint density at radius 2 is 1.97 bits per heavy atom. The average molecular weight is 471 g/mol. The van der Waals surface area contributed by atoms with E-state index in [2.05, 4.69) is 20.5 Å². The van der Waals surface area contributed by atoms with E-state index in [9.17, 15) is 9.59 Å². The normalized spacial score (nSPS) is 18.4. The fourth-order valence-electron chi connectivity index (χ4n) is 4.21. The molecule has 1 aromatic carbocycles. The van der Waals surface area contributed by atoms with Crippen LogP contribution in [0.5, 0.6) is 0 Å². The number of nitrogens with zero attached hydrogens (tertiary/aromatic N) is 4. The second kappa shape index (κ2) is 10.8. The van der Waals surface area contributed by atoms with E-state index in [0.29, 0.717) is 44.0 Å². The number of likely N-dealkylation sites (tertiary alicyclic amines) is 1. The third-order valence-corrected chi connectivity index (χ3v) is 6.19. The number of anilines is 2. The van der Waals surface area contributed by atoms with E-state index < -0.39 is 11.8 Å². The number of aryl methyl sites for hydroxylation is 1. The van der Waals surface area contributed by atoms with Gasteiger partial charge in [0.15, 0.2) is 5.82 Å². The monoisotopic (exact) mass is 470 g/mol. The molecule has 0 saturated carbocycles. The highest BCUT2D eigenvalue weighted by Gasteiger charge is 2.34. The molecule has 1 atom stereocenters. The van der Waals surface area contributed by atoms with Gasteiger partial charge < -0.3 is 25.2 Å². The molecule has 3 heterocycles. The van der Waals surface area contributed by atoms with E-state index >= 15 is 4.39 Å². The number of urea groups is 2. The van der Waals surface area contributed by atoms with Crippen molar-refractivity contribution in [2.75, 3.05) is 57.1 Å². The summed E-state index contributed by atoms with van der Waals surface area (Å²) in [5.74, 6) is -0.470. The molecule has 4 rings (SSSR count). The minimum atomic E-state index is -0.542. The zero-order valence-corrected chi connectivity index (χ0v) is 19.6. The number of nitrogens with one attached hydrogen (secondary N) is 2. The molecular weight excluding hydrogens is 439 g/mol. The number of hydrogen-bond donors (Lipinski definition) is 2. The summed E-state index contributed by atoms with van der Waals surface area (Å²) in [6, 6.07) is 7.90. The average Bonchev–Trinajstić information content (AvgIpc) is 2.77. The Balaban J connectivity index is 1.38. The predicted molar refractivity (Wildman–Crippen MR) is 127 cm³/mol. The molecule has 0 bridgehead atoms. The van der Waals surface area contributed by atoms with E-state index in [1.165, 1.54) is 6.07 Å². The molecule has 0 radical (unpaired) electrons. The fraction of sp³-hybridized carbons (Fsp3) is 0.458. The highest BCUT2D eigenvalue weighted by atomic mass is 19.1. The maximum Gasteiger partial charge on any atom is 0.323 e. The Kier molecular flexibility index (Phi) is 7.59. The van der Waals surface area contributed by atoms with E-state index in [0.717, 1.165) is 25.2 Å². The standard InChI is InChI=1S/C24H31FN6O3/c1-17-7-8-19(13-26-17)27-23(32)28-21-6-3-5-18(22(21)25)14-29-11-12-31(20(15-29)16-34-2)24(33)30-9-4-10-30/h3,5-8,13,20H,4,9-12,14-16H2,1-2H3,(H2,27,28,32)/t20-/m0/s1.